The molecule has 24 heavy (non-hydrogen) atoms. The van der Waals surface area contributed by atoms with Gasteiger partial charge in [0.15, 0.2) is 5.76 Å². The molecule has 2 N–H and O–H groups in total. The second-order valence-corrected chi connectivity index (χ2v) is 5.17. The highest BCUT2D eigenvalue weighted by atomic mass is 16.3. The molecule has 0 unspecified atom stereocenters. The van der Waals surface area contributed by atoms with Crippen molar-refractivity contribution in [1.82, 2.24) is 24.9 Å². The van der Waals surface area contributed by atoms with Crippen molar-refractivity contribution < 1.29 is 14.0 Å². The quantitative estimate of drug-likeness (QED) is 0.724. The Morgan fingerprint density at radius 2 is 2.04 bits per heavy atom. The third-order valence-corrected chi connectivity index (χ3v) is 3.36. The van der Waals surface area contributed by atoms with E-state index in [9.17, 15) is 9.59 Å². The normalized spacial score (nSPS) is 10.6. The van der Waals surface area contributed by atoms with E-state index in [2.05, 4.69) is 20.8 Å². The van der Waals surface area contributed by atoms with Crippen LogP contribution in [0.2, 0.25) is 0 Å². The van der Waals surface area contributed by atoms with Gasteiger partial charge in [-0.1, -0.05) is 0 Å². The first kappa shape index (κ1) is 15.5. The van der Waals surface area contributed by atoms with Crippen LogP contribution >= 0.6 is 0 Å². The van der Waals surface area contributed by atoms with Crippen molar-refractivity contribution in [2.75, 3.05) is 5.32 Å². The van der Waals surface area contributed by atoms with E-state index in [1.54, 1.807) is 31.0 Å². The van der Waals surface area contributed by atoms with Crippen LogP contribution in [0.4, 0.5) is 5.69 Å². The maximum Gasteiger partial charge on any atom is 0.291 e. The summed E-state index contributed by atoms with van der Waals surface area (Å²) >= 11 is 0. The number of aromatic nitrogens is 4. The summed E-state index contributed by atoms with van der Waals surface area (Å²) in [4.78, 5) is 24.5. The maximum atomic E-state index is 12.4. The summed E-state index contributed by atoms with van der Waals surface area (Å²) in [5.41, 5.74) is 1.43. The predicted molar refractivity (Wildman–Crippen MR) is 84.2 cm³/mol. The number of hydrogen-bond acceptors (Lipinski definition) is 5. The Labute approximate surface area is 137 Å². The number of aryl methyl sites for hydroxylation is 2. The van der Waals surface area contributed by atoms with Crippen LogP contribution in [0.25, 0.3) is 0 Å². The molecule has 0 saturated carbocycles. The second kappa shape index (κ2) is 6.41. The summed E-state index contributed by atoms with van der Waals surface area (Å²) in [5, 5.41) is 13.5. The van der Waals surface area contributed by atoms with E-state index in [1.165, 1.54) is 23.2 Å². The van der Waals surface area contributed by atoms with Gasteiger partial charge in [-0.15, -0.1) is 0 Å². The number of carbonyl (C=O) groups excluding carboxylic acids is 2. The summed E-state index contributed by atoms with van der Waals surface area (Å²) in [6.07, 6.45) is 6.30. The minimum atomic E-state index is -0.450. The van der Waals surface area contributed by atoms with Crippen molar-refractivity contribution in [2.24, 2.45) is 14.1 Å². The van der Waals surface area contributed by atoms with Crippen molar-refractivity contribution >= 4 is 17.5 Å². The molecule has 0 spiro atoms. The van der Waals surface area contributed by atoms with E-state index in [4.69, 9.17) is 4.42 Å². The molecule has 0 aliphatic rings. The van der Waals surface area contributed by atoms with Gasteiger partial charge in [-0.3, -0.25) is 19.0 Å². The Hall–Kier alpha value is -3.36. The molecule has 3 heterocycles. The number of carbonyl (C=O) groups is 2. The Morgan fingerprint density at radius 3 is 2.71 bits per heavy atom. The Kier molecular flexibility index (Phi) is 4.15. The fraction of sp³-hybridized carbons (Fsp3) is 0.200. The summed E-state index contributed by atoms with van der Waals surface area (Å²) in [7, 11) is 3.43. The predicted octanol–water partition coefficient (Wildman–Crippen LogP) is 0.929. The van der Waals surface area contributed by atoms with E-state index < -0.39 is 5.91 Å². The molecule has 0 atom stereocenters. The van der Waals surface area contributed by atoms with Gasteiger partial charge in [0.2, 0.25) is 0 Å². The number of amides is 2. The highest BCUT2D eigenvalue weighted by Gasteiger charge is 2.20. The third-order valence-electron chi connectivity index (χ3n) is 3.36. The molecule has 3 aromatic heterocycles. The second-order valence-electron chi connectivity index (χ2n) is 5.17. The SMILES string of the molecule is Cn1cc(CNC(=O)c2c(NC(=O)c3ccco3)cnn2C)cn1. The van der Waals surface area contributed by atoms with Gasteiger partial charge in [-0.2, -0.15) is 10.2 Å². The highest BCUT2D eigenvalue weighted by Crippen LogP contribution is 2.16. The van der Waals surface area contributed by atoms with Crippen LogP contribution in [0.1, 0.15) is 26.6 Å². The van der Waals surface area contributed by atoms with Crippen LogP contribution in [0.15, 0.2) is 41.4 Å². The number of nitrogens with zero attached hydrogens (tertiary/aromatic N) is 4. The van der Waals surface area contributed by atoms with E-state index in [0.29, 0.717) is 12.2 Å². The number of anilines is 1. The van der Waals surface area contributed by atoms with Gasteiger partial charge in [0, 0.05) is 32.4 Å². The molecular weight excluding hydrogens is 312 g/mol. The lowest BCUT2D eigenvalue weighted by Crippen LogP contribution is -2.26. The molecule has 0 bridgehead atoms. The summed E-state index contributed by atoms with van der Waals surface area (Å²) in [6, 6.07) is 3.15. The lowest BCUT2D eigenvalue weighted by Gasteiger charge is -2.07. The molecule has 124 valence electrons. The Bertz CT molecular complexity index is 862. The molecule has 3 rings (SSSR count). The number of hydrogen-bond donors (Lipinski definition) is 2. The average molecular weight is 328 g/mol. The van der Waals surface area contributed by atoms with E-state index in [-0.39, 0.29) is 17.4 Å². The lowest BCUT2D eigenvalue weighted by molar-refractivity contribution is 0.0942. The number of nitrogens with one attached hydrogen (secondary N) is 2. The zero-order valence-corrected chi connectivity index (χ0v) is 13.2. The van der Waals surface area contributed by atoms with Gasteiger partial charge in [0.25, 0.3) is 11.8 Å². The summed E-state index contributed by atoms with van der Waals surface area (Å²) in [6.45, 7) is 0.323. The van der Waals surface area contributed by atoms with Gasteiger partial charge >= 0.3 is 0 Å². The van der Waals surface area contributed by atoms with Crippen molar-refractivity contribution in [2.45, 2.75) is 6.54 Å². The van der Waals surface area contributed by atoms with Crippen LogP contribution in [0, 0.1) is 0 Å². The summed E-state index contributed by atoms with van der Waals surface area (Å²) < 4.78 is 8.09. The largest absolute Gasteiger partial charge is 0.459 e. The molecule has 0 radical (unpaired) electrons. The average Bonchev–Trinajstić information content (AvgIpc) is 3.27. The first-order chi connectivity index (χ1) is 11.5. The molecule has 0 aromatic carbocycles. The van der Waals surface area contributed by atoms with Gasteiger partial charge in [0.1, 0.15) is 5.69 Å². The molecule has 0 fully saturated rings. The lowest BCUT2D eigenvalue weighted by atomic mass is 10.3. The minimum Gasteiger partial charge on any atom is -0.459 e. The first-order valence-electron chi connectivity index (χ1n) is 7.17. The zero-order valence-electron chi connectivity index (χ0n) is 13.2. The fourth-order valence-corrected chi connectivity index (χ4v) is 2.22. The molecule has 3 aromatic rings. The Morgan fingerprint density at radius 1 is 1.21 bits per heavy atom. The van der Waals surface area contributed by atoms with Gasteiger partial charge in [-0.25, -0.2) is 0 Å². The Balaban J connectivity index is 1.71. The molecule has 9 heteroatoms. The smallest absolute Gasteiger partial charge is 0.291 e. The fourth-order valence-electron chi connectivity index (χ4n) is 2.22. The molecule has 2 amide bonds. The van der Waals surface area contributed by atoms with Gasteiger partial charge in [0.05, 0.1) is 24.3 Å². The van der Waals surface area contributed by atoms with Crippen molar-refractivity contribution in [3.05, 3.63) is 54.0 Å². The van der Waals surface area contributed by atoms with Crippen LogP contribution in [-0.2, 0) is 20.6 Å². The number of furan rings is 1. The molecule has 0 aliphatic carbocycles. The van der Waals surface area contributed by atoms with Crippen LogP contribution in [-0.4, -0.2) is 31.4 Å². The van der Waals surface area contributed by atoms with E-state index >= 15 is 0 Å². The van der Waals surface area contributed by atoms with Crippen molar-refractivity contribution in [3.63, 3.8) is 0 Å². The first-order valence-corrected chi connectivity index (χ1v) is 7.17. The van der Waals surface area contributed by atoms with Crippen LogP contribution in [0.3, 0.4) is 0 Å². The van der Waals surface area contributed by atoms with Crippen LogP contribution < -0.4 is 10.6 Å². The molecular formula is C15H16N6O3. The van der Waals surface area contributed by atoms with Gasteiger partial charge in [-0.05, 0) is 12.1 Å². The number of rotatable bonds is 5. The topological polar surface area (TPSA) is 107 Å². The van der Waals surface area contributed by atoms with E-state index in [1.807, 2.05) is 6.20 Å². The highest BCUT2D eigenvalue weighted by molar-refractivity contribution is 6.07. The van der Waals surface area contributed by atoms with Gasteiger partial charge < -0.3 is 15.1 Å². The van der Waals surface area contributed by atoms with E-state index in [0.717, 1.165) is 5.56 Å². The third kappa shape index (κ3) is 3.19. The molecule has 9 nitrogen and oxygen atoms in total. The maximum absolute atomic E-state index is 12.4. The molecule has 0 aliphatic heterocycles. The standard InChI is InChI=1S/C15H16N6O3/c1-20-9-10(7-17-20)6-16-15(23)13-11(8-18-21(13)2)19-14(22)12-4-3-5-24-12/h3-5,7-9H,6H2,1-2H3,(H,16,23)(H,19,22). The molecule has 0 saturated heterocycles. The minimum absolute atomic E-state index is 0.153. The zero-order chi connectivity index (χ0) is 17.1. The summed E-state index contributed by atoms with van der Waals surface area (Å²) in [5.74, 6) is -0.650. The van der Waals surface area contributed by atoms with Crippen molar-refractivity contribution in [1.29, 1.82) is 0 Å². The van der Waals surface area contributed by atoms with Crippen molar-refractivity contribution in [3.8, 4) is 0 Å². The monoisotopic (exact) mass is 328 g/mol. The van der Waals surface area contributed by atoms with Crippen LogP contribution in [0.5, 0.6) is 0 Å².